The zero-order chi connectivity index (χ0) is 36.0. The van der Waals surface area contributed by atoms with Gasteiger partial charge >= 0.3 is 29.2 Å². The number of H-pyrrole nitrogens is 1. The number of phosphoric acid groups is 3. The maximum atomic E-state index is 15.5. The second-order valence-electron chi connectivity index (χ2n) is 10.8. The highest BCUT2D eigenvalue weighted by molar-refractivity contribution is 7.66. The number of hydrogen-bond donors (Lipinski definition) is 6. The van der Waals surface area contributed by atoms with E-state index >= 15 is 4.39 Å². The number of oxazole rings is 1. The lowest BCUT2D eigenvalue weighted by Crippen LogP contribution is -2.33. The molecule has 2 aromatic heterocycles. The summed E-state index contributed by atoms with van der Waals surface area (Å²) in [5.74, 6) is -0.388. The minimum absolute atomic E-state index is 0.172. The van der Waals surface area contributed by atoms with E-state index in [1.807, 2.05) is 18.2 Å². The minimum atomic E-state index is -5.78. The lowest BCUT2D eigenvalue weighted by atomic mass is 10.00. The predicted octanol–water partition coefficient (Wildman–Crippen LogP) is 3.81. The molecule has 1 aliphatic heterocycles. The van der Waals surface area contributed by atoms with Gasteiger partial charge in [-0.15, -0.1) is 0 Å². The molecule has 0 bridgehead atoms. The van der Waals surface area contributed by atoms with E-state index < -0.39 is 65.6 Å². The van der Waals surface area contributed by atoms with Crippen LogP contribution in [-0.4, -0.2) is 58.0 Å². The van der Waals surface area contributed by atoms with Crippen molar-refractivity contribution in [3.05, 3.63) is 99.6 Å². The second kappa shape index (κ2) is 13.7. The van der Waals surface area contributed by atoms with Crippen LogP contribution in [0.15, 0.2) is 86.9 Å². The Morgan fingerprint density at radius 3 is 2.26 bits per heavy atom. The van der Waals surface area contributed by atoms with E-state index in [0.717, 1.165) is 10.8 Å². The molecule has 22 heteroatoms. The van der Waals surface area contributed by atoms with E-state index in [2.05, 4.69) is 23.1 Å². The Morgan fingerprint density at radius 2 is 1.58 bits per heavy atom. The largest absolute Gasteiger partial charge is 0.490 e. The van der Waals surface area contributed by atoms with Crippen LogP contribution in [0.1, 0.15) is 12.6 Å². The van der Waals surface area contributed by atoms with E-state index in [0.29, 0.717) is 33.7 Å². The molecular weight excluding hydrogens is 730 g/mol. The lowest BCUT2D eigenvalue weighted by molar-refractivity contribution is -0.0449. The minimum Gasteiger partial charge on any atom is -0.436 e. The Morgan fingerprint density at radius 1 is 0.900 bits per heavy atom. The van der Waals surface area contributed by atoms with E-state index in [-0.39, 0.29) is 17.5 Å². The number of phosphoric ester groups is 1. The molecule has 5 aromatic rings. The molecule has 264 valence electrons. The summed E-state index contributed by atoms with van der Waals surface area (Å²) in [5, 5.41) is 10.4. The number of aromatic nitrogens is 3. The molecule has 50 heavy (non-hydrogen) atoms. The first-order valence-corrected chi connectivity index (χ1v) is 18.7. The smallest absolute Gasteiger partial charge is 0.436 e. The van der Waals surface area contributed by atoms with Crippen molar-refractivity contribution in [3.63, 3.8) is 0 Å². The highest BCUT2D eigenvalue weighted by Gasteiger charge is 2.43. The number of hydrogen-bond acceptors (Lipinski definition) is 12. The first-order chi connectivity index (χ1) is 23.5. The summed E-state index contributed by atoms with van der Waals surface area (Å²) in [4.78, 5) is 68.2. The van der Waals surface area contributed by atoms with Crippen molar-refractivity contribution < 1.29 is 65.1 Å². The third-order valence-electron chi connectivity index (χ3n) is 7.32. The molecule has 0 radical (unpaired) electrons. The van der Waals surface area contributed by atoms with Gasteiger partial charge in [0.2, 0.25) is 5.89 Å². The second-order valence-corrected chi connectivity index (χ2v) is 15.2. The molecule has 2 unspecified atom stereocenters. The Balaban J connectivity index is 1.17. The van der Waals surface area contributed by atoms with Crippen LogP contribution in [-0.2, 0) is 31.6 Å². The SMILES string of the molecule is O=c1[nH]c(=O)n([C@H]2C[C@H](O)[C@@H](COP(=O)(O)OP(=O)(O)OP(=O)(O)O)O2)cc1-c1ccc(-c2ccc(-c3nc4ccccc4o3)cc2)cc1F. The molecule has 1 saturated heterocycles. The van der Waals surface area contributed by atoms with Gasteiger partial charge in [0.25, 0.3) is 5.56 Å². The number of aliphatic hydroxyl groups is 1. The van der Waals surface area contributed by atoms with Gasteiger partial charge in [0.15, 0.2) is 5.58 Å². The van der Waals surface area contributed by atoms with Crippen LogP contribution < -0.4 is 11.2 Å². The first-order valence-electron chi connectivity index (χ1n) is 14.2. The summed E-state index contributed by atoms with van der Waals surface area (Å²) in [5.41, 5.74) is 0.782. The zero-order valence-electron chi connectivity index (χ0n) is 25.0. The number of para-hydroxylation sites is 2. The Hall–Kier alpha value is -3.93. The first kappa shape index (κ1) is 35.9. The van der Waals surface area contributed by atoms with E-state index in [4.69, 9.17) is 18.9 Å². The maximum Gasteiger partial charge on any atom is 0.490 e. The van der Waals surface area contributed by atoms with Crippen LogP contribution in [0.4, 0.5) is 4.39 Å². The summed E-state index contributed by atoms with van der Waals surface area (Å²) in [6.45, 7) is -0.988. The van der Waals surface area contributed by atoms with Crippen LogP contribution in [0.25, 0.3) is 44.8 Å². The highest BCUT2D eigenvalue weighted by atomic mass is 31.3. The van der Waals surface area contributed by atoms with Gasteiger partial charge in [-0.25, -0.2) is 27.9 Å². The molecule has 1 fully saturated rings. The molecule has 18 nitrogen and oxygen atoms in total. The van der Waals surface area contributed by atoms with Gasteiger partial charge in [0.05, 0.1) is 18.3 Å². The molecule has 1 aliphatic rings. The third kappa shape index (κ3) is 8.16. The number of ether oxygens (including phenoxy) is 1. The number of halogens is 1. The van der Waals surface area contributed by atoms with Crippen molar-refractivity contribution in [2.45, 2.75) is 24.9 Å². The number of nitrogens with one attached hydrogen (secondary N) is 1. The Kier molecular flexibility index (Phi) is 9.80. The van der Waals surface area contributed by atoms with Gasteiger partial charge in [-0.2, -0.15) is 8.62 Å². The fraction of sp³-hybridized carbons (Fsp3) is 0.179. The van der Waals surface area contributed by atoms with Crippen molar-refractivity contribution in [2.75, 3.05) is 6.61 Å². The number of aliphatic hydroxyl groups excluding tert-OH is 1. The fourth-order valence-electron chi connectivity index (χ4n) is 5.11. The Labute approximate surface area is 278 Å². The molecule has 0 aliphatic carbocycles. The summed E-state index contributed by atoms with van der Waals surface area (Å²) in [6, 6.07) is 18.4. The highest BCUT2D eigenvalue weighted by Crippen LogP contribution is 2.66. The fourth-order valence-corrected chi connectivity index (χ4v) is 8.14. The van der Waals surface area contributed by atoms with Crippen molar-refractivity contribution in [1.82, 2.24) is 14.5 Å². The van der Waals surface area contributed by atoms with Crippen LogP contribution in [0, 0.1) is 5.82 Å². The maximum absolute atomic E-state index is 15.5. The number of nitrogens with zero attached hydrogens (tertiary/aromatic N) is 2. The van der Waals surface area contributed by atoms with Crippen LogP contribution in [0.3, 0.4) is 0 Å². The third-order valence-corrected chi connectivity index (χ3v) is 11.1. The van der Waals surface area contributed by atoms with Crippen LogP contribution >= 0.6 is 23.5 Å². The molecular formula is C28H25FN3O15P3. The van der Waals surface area contributed by atoms with Crippen molar-refractivity contribution in [2.24, 2.45) is 0 Å². The van der Waals surface area contributed by atoms with Crippen molar-refractivity contribution >= 4 is 34.6 Å². The summed E-state index contributed by atoms with van der Waals surface area (Å²) >= 11 is 0. The van der Waals surface area contributed by atoms with Gasteiger partial charge in [0.1, 0.15) is 23.7 Å². The van der Waals surface area contributed by atoms with Gasteiger partial charge in [0, 0.05) is 23.7 Å². The number of rotatable bonds is 11. The van der Waals surface area contributed by atoms with Gasteiger partial charge in [-0.1, -0.05) is 36.4 Å². The normalized spacial score (nSPS) is 20.5. The van der Waals surface area contributed by atoms with Gasteiger partial charge < -0.3 is 33.8 Å². The number of aromatic amines is 1. The predicted molar refractivity (Wildman–Crippen MR) is 170 cm³/mol. The molecule has 5 atom stereocenters. The monoisotopic (exact) mass is 755 g/mol. The van der Waals surface area contributed by atoms with E-state index in [9.17, 15) is 38.2 Å². The van der Waals surface area contributed by atoms with Crippen LogP contribution in [0.2, 0.25) is 0 Å². The summed E-state index contributed by atoms with van der Waals surface area (Å²) in [6.07, 6.45) is -3.57. The number of benzene rings is 3. The molecule has 0 amide bonds. The molecule has 6 N–H and O–H groups in total. The molecule has 3 aromatic carbocycles. The summed E-state index contributed by atoms with van der Waals surface area (Å²) < 4.78 is 73.8. The Bertz CT molecular complexity index is 2310. The average Bonchev–Trinajstić information content (AvgIpc) is 3.62. The van der Waals surface area contributed by atoms with E-state index in [1.165, 1.54) is 12.1 Å². The molecule has 3 heterocycles. The van der Waals surface area contributed by atoms with E-state index in [1.54, 1.807) is 36.4 Å². The molecule has 0 spiro atoms. The molecule has 6 rings (SSSR count). The average molecular weight is 755 g/mol. The topological polar surface area (TPSA) is 270 Å². The zero-order valence-corrected chi connectivity index (χ0v) is 27.7. The lowest BCUT2D eigenvalue weighted by Gasteiger charge is -2.19. The van der Waals surface area contributed by atoms with Gasteiger partial charge in [-0.3, -0.25) is 18.9 Å². The standard InChI is InChI=1S/C28H25FN3O15P3/c29-20-11-17(15-5-7-16(8-6-15)27-30-21-3-1-2-4-23(21)45-27)9-10-18(20)19-13-32(28(35)31-26(19)34)25-12-22(33)24(44-25)14-43-49(39,40)47-50(41,42)46-48(36,37)38/h1-11,13,22,24-25,33H,12,14H2,(H,39,40)(H,41,42)(H,31,34,35)(H2,36,37,38)/t22-,24+,25+/m0/s1. The van der Waals surface area contributed by atoms with Crippen LogP contribution in [0.5, 0.6) is 0 Å². The van der Waals surface area contributed by atoms with Gasteiger partial charge in [-0.05, 0) is 41.5 Å². The quantitative estimate of drug-likeness (QED) is 0.105. The van der Waals surface area contributed by atoms with Crippen molar-refractivity contribution in [1.29, 1.82) is 0 Å². The van der Waals surface area contributed by atoms with Crippen molar-refractivity contribution in [3.8, 4) is 33.7 Å². The number of fused-ring (bicyclic) bond motifs is 1. The molecule has 0 saturated carbocycles. The summed E-state index contributed by atoms with van der Waals surface area (Å²) in [7, 11) is -16.9.